The molecule has 2 aliphatic rings. The van der Waals surface area contributed by atoms with E-state index in [9.17, 15) is 14.0 Å². The van der Waals surface area contributed by atoms with Gasteiger partial charge in [-0.1, -0.05) is 72.8 Å². The zero-order valence-corrected chi connectivity index (χ0v) is 20.6. The number of rotatable bonds is 6. The Kier molecular flexibility index (Phi) is 6.88. The highest BCUT2D eigenvalue weighted by Crippen LogP contribution is 2.45. The number of carbonyl (C=O) groups excluding carboxylic acids is 2. The van der Waals surface area contributed by atoms with Crippen molar-refractivity contribution in [3.63, 3.8) is 0 Å². The van der Waals surface area contributed by atoms with Gasteiger partial charge in [0.2, 0.25) is 11.8 Å². The molecule has 2 fully saturated rings. The number of nitrogens with zero attached hydrogens (tertiary/aromatic N) is 2. The van der Waals surface area contributed by atoms with Crippen molar-refractivity contribution >= 4 is 11.8 Å². The summed E-state index contributed by atoms with van der Waals surface area (Å²) in [6, 6.07) is 26.3. The molecule has 36 heavy (non-hydrogen) atoms. The summed E-state index contributed by atoms with van der Waals surface area (Å²) in [5, 5.41) is 3.24. The van der Waals surface area contributed by atoms with E-state index in [1.807, 2.05) is 84.7 Å². The minimum atomic E-state index is -0.397. The molecule has 0 unspecified atom stereocenters. The number of nitrogens with one attached hydrogen (secondary N) is 1. The lowest BCUT2D eigenvalue weighted by Crippen LogP contribution is -2.57. The summed E-state index contributed by atoms with van der Waals surface area (Å²) in [7, 11) is 1.88. The number of likely N-dealkylation sites (tertiary alicyclic amines) is 2. The molecule has 1 N–H and O–H groups in total. The summed E-state index contributed by atoms with van der Waals surface area (Å²) in [5.41, 5.74) is 2.66. The number of hydrogen-bond donors (Lipinski definition) is 1. The van der Waals surface area contributed by atoms with Gasteiger partial charge >= 0.3 is 0 Å². The summed E-state index contributed by atoms with van der Waals surface area (Å²) in [4.78, 5) is 30.2. The normalized spacial score (nSPS) is 22.4. The van der Waals surface area contributed by atoms with Crippen molar-refractivity contribution in [2.75, 3.05) is 26.7 Å². The van der Waals surface area contributed by atoms with E-state index in [2.05, 4.69) is 10.2 Å². The highest BCUT2D eigenvalue weighted by molar-refractivity contribution is 5.80. The minimum Gasteiger partial charge on any atom is -0.344 e. The van der Waals surface area contributed by atoms with Crippen LogP contribution in [0.15, 0.2) is 84.9 Å². The van der Waals surface area contributed by atoms with Crippen LogP contribution < -0.4 is 5.32 Å². The van der Waals surface area contributed by atoms with Crippen LogP contribution in [0.1, 0.15) is 47.9 Å². The van der Waals surface area contributed by atoms with Gasteiger partial charge in [0.25, 0.3) is 0 Å². The number of likely N-dealkylation sites (N-methyl/N-ethyl adjacent to an activating group) is 1. The molecule has 2 atom stereocenters. The maximum Gasteiger partial charge on any atom is 0.234 e. The summed E-state index contributed by atoms with van der Waals surface area (Å²) in [5.74, 6) is -0.192. The molecule has 3 aromatic rings. The lowest BCUT2D eigenvalue weighted by Gasteiger charge is -2.46. The quantitative estimate of drug-likeness (QED) is 0.559. The Hall–Kier alpha value is -3.51. The second-order valence-electron chi connectivity index (χ2n) is 10.0. The van der Waals surface area contributed by atoms with Gasteiger partial charge in [-0.3, -0.25) is 14.5 Å². The van der Waals surface area contributed by atoms with E-state index in [-0.39, 0.29) is 36.1 Å². The van der Waals surface area contributed by atoms with E-state index in [1.165, 1.54) is 12.1 Å². The minimum absolute atomic E-state index is 0.0131. The maximum absolute atomic E-state index is 13.7. The predicted molar refractivity (Wildman–Crippen MR) is 138 cm³/mol. The molecule has 186 valence electrons. The molecular weight excluding hydrogens is 453 g/mol. The van der Waals surface area contributed by atoms with Crippen molar-refractivity contribution in [3.8, 4) is 0 Å². The Balaban J connectivity index is 1.37. The van der Waals surface area contributed by atoms with Gasteiger partial charge in [-0.2, -0.15) is 0 Å². The molecular formula is C30H32FN3O2. The van der Waals surface area contributed by atoms with Gasteiger partial charge in [-0.15, -0.1) is 0 Å². The second-order valence-corrected chi connectivity index (χ2v) is 10.0. The number of benzene rings is 3. The SMILES string of the molecule is CN1C(=O)CCC[C@]12CN(CC(=O)NC(c1ccccc1)c1ccccc1)C[C@H]2c1ccc(F)cc1. The molecule has 1 spiro atoms. The number of halogens is 1. The fourth-order valence-electron chi connectivity index (χ4n) is 6.00. The average molecular weight is 486 g/mol. The molecule has 0 radical (unpaired) electrons. The van der Waals surface area contributed by atoms with Gasteiger partial charge < -0.3 is 10.2 Å². The Morgan fingerprint density at radius 1 is 1.00 bits per heavy atom. The van der Waals surface area contributed by atoms with Gasteiger partial charge in [0.05, 0.1) is 18.1 Å². The zero-order chi connectivity index (χ0) is 25.1. The van der Waals surface area contributed by atoms with Crippen LogP contribution >= 0.6 is 0 Å². The third-order valence-corrected chi connectivity index (χ3v) is 7.84. The van der Waals surface area contributed by atoms with E-state index in [4.69, 9.17) is 0 Å². The second kappa shape index (κ2) is 10.2. The molecule has 2 saturated heterocycles. The van der Waals surface area contributed by atoms with E-state index in [0.29, 0.717) is 19.5 Å². The van der Waals surface area contributed by atoms with Gasteiger partial charge in [-0.05, 0) is 41.7 Å². The molecule has 2 aliphatic heterocycles. The third kappa shape index (κ3) is 4.78. The topological polar surface area (TPSA) is 52.7 Å². The van der Waals surface area contributed by atoms with Crippen LogP contribution in [0.3, 0.4) is 0 Å². The van der Waals surface area contributed by atoms with Crippen LogP contribution in [0.5, 0.6) is 0 Å². The van der Waals surface area contributed by atoms with Crippen LogP contribution in [0, 0.1) is 5.82 Å². The smallest absolute Gasteiger partial charge is 0.234 e. The van der Waals surface area contributed by atoms with Crippen molar-refractivity contribution in [2.45, 2.75) is 36.8 Å². The van der Waals surface area contributed by atoms with Crippen LogP contribution in [-0.2, 0) is 9.59 Å². The molecule has 2 heterocycles. The van der Waals surface area contributed by atoms with Crippen LogP contribution in [-0.4, -0.2) is 53.8 Å². The fourth-order valence-corrected chi connectivity index (χ4v) is 6.00. The predicted octanol–water partition coefficient (Wildman–Crippen LogP) is 4.51. The monoisotopic (exact) mass is 485 g/mol. The van der Waals surface area contributed by atoms with Crippen molar-refractivity contribution in [3.05, 3.63) is 107 Å². The van der Waals surface area contributed by atoms with Crippen molar-refractivity contribution < 1.29 is 14.0 Å². The van der Waals surface area contributed by atoms with Crippen LogP contribution in [0.25, 0.3) is 0 Å². The van der Waals surface area contributed by atoms with E-state index in [1.54, 1.807) is 0 Å². The zero-order valence-electron chi connectivity index (χ0n) is 20.6. The van der Waals surface area contributed by atoms with Gasteiger partial charge in [0.15, 0.2) is 0 Å². The van der Waals surface area contributed by atoms with Crippen molar-refractivity contribution in [1.29, 1.82) is 0 Å². The van der Waals surface area contributed by atoms with Crippen LogP contribution in [0.2, 0.25) is 0 Å². The van der Waals surface area contributed by atoms with E-state index in [0.717, 1.165) is 29.5 Å². The first-order chi connectivity index (χ1) is 17.5. The number of hydrogen-bond acceptors (Lipinski definition) is 3. The Labute approximate surface area is 211 Å². The first-order valence-corrected chi connectivity index (χ1v) is 12.6. The highest BCUT2D eigenvalue weighted by atomic mass is 19.1. The van der Waals surface area contributed by atoms with Gasteiger partial charge in [0.1, 0.15) is 5.82 Å². The lowest BCUT2D eigenvalue weighted by atomic mass is 9.75. The Bertz CT molecular complexity index is 1160. The van der Waals surface area contributed by atoms with Gasteiger partial charge in [0, 0.05) is 32.5 Å². The standard InChI is InChI=1S/C30H32FN3O2/c1-33-28(36)13-8-18-30(33)21-34(19-26(30)22-14-16-25(31)17-15-22)20-27(35)32-29(23-9-4-2-5-10-23)24-11-6-3-7-12-24/h2-7,9-12,14-17,26,29H,8,13,18-21H2,1H3,(H,32,35)/t26-,30+/m0/s1. The Morgan fingerprint density at radius 3 is 2.22 bits per heavy atom. The fraction of sp³-hybridized carbons (Fsp3) is 0.333. The molecule has 2 amide bonds. The lowest BCUT2D eigenvalue weighted by molar-refractivity contribution is -0.139. The number of amides is 2. The van der Waals surface area contributed by atoms with E-state index < -0.39 is 5.54 Å². The first-order valence-electron chi connectivity index (χ1n) is 12.6. The highest BCUT2D eigenvalue weighted by Gasteiger charge is 2.52. The molecule has 5 nitrogen and oxygen atoms in total. The van der Waals surface area contributed by atoms with E-state index >= 15 is 0 Å². The summed E-state index contributed by atoms with van der Waals surface area (Å²) >= 11 is 0. The molecule has 5 rings (SSSR count). The van der Waals surface area contributed by atoms with Crippen molar-refractivity contribution in [2.24, 2.45) is 0 Å². The average Bonchev–Trinajstić information content (AvgIpc) is 3.25. The number of piperidine rings is 1. The maximum atomic E-state index is 13.7. The molecule has 0 aliphatic carbocycles. The first kappa shape index (κ1) is 24.2. The largest absolute Gasteiger partial charge is 0.344 e. The summed E-state index contributed by atoms with van der Waals surface area (Å²) in [6.45, 7) is 1.49. The molecule has 0 bridgehead atoms. The summed E-state index contributed by atoms with van der Waals surface area (Å²) < 4.78 is 13.7. The Morgan fingerprint density at radius 2 is 1.61 bits per heavy atom. The van der Waals surface area contributed by atoms with Crippen LogP contribution in [0.4, 0.5) is 4.39 Å². The van der Waals surface area contributed by atoms with Gasteiger partial charge in [-0.25, -0.2) is 4.39 Å². The molecule has 0 saturated carbocycles. The molecule has 6 heteroatoms. The summed E-state index contributed by atoms with van der Waals surface area (Å²) in [6.07, 6.45) is 2.24. The molecule has 0 aromatic heterocycles. The van der Waals surface area contributed by atoms with Crippen molar-refractivity contribution in [1.82, 2.24) is 15.1 Å². The number of carbonyl (C=O) groups is 2. The third-order valence-electron chi connectivity index (χ3n) is 7.84. The molecule has 3 aromatic carbocycles.